The van der Waals surface area contributed by atoms with E-state index >= 15 is 0 Å². The predicted octanol–water partition coefficient (Wildman–Crippen LogP) is 1.37. The van der Waals surface area contributed by atoms with Crippen molar-refractivity contribution in [2.45, 2.75) is 6.92 Å². The molecule has 0 atom stereocenters. The quantitative estimate of drug-likeness (QED) is 0.827. The molecule has 0 spiro atoms. The zero-order valence-corrected chi connectivity index (χ0v) is 11.8. The number of carbonyl (C=O) groups is 2. The van der Waals surface area contributed by atoms with E-state index in [0.717, 1.165) is 0 Å². The van der Waals surface area contributed by atoms with Crippen LogP contribution in [-0.4, -0.2) is 33.3 Å². The van der Waals surface area contributed by atoms with Gasteiger partial charge in [-0.25, -0.2) is 4.79 Å². The van der Waals surface area contributed by atoms with Crippen LogP contribution in [0.15, 0.2) is 30.5 Å². The largest absolute Gasteiger partial charge is 0.478 e. The van der Waals surface area contributed by atoms with Crippen molar-refractivity contribution in [1.82, 2.24) is 9.78 Å². The monoisotopic (exact) mass is 288 g/mol. The Morgan fingerprint density at radius 1 is 1.38 bits per heavy atom. The summed E-state index contributed by atoms with van der Waals surface area (Å²) in [6.45, 7) is 2.22. The summed E-state index contributed by atoms with van der Waals surface area (Å²) >= 11 is 0. The van der Waals surface area contributed by atoms with Gasteiger partial charge in [0, 0.05) is 19.8 Å². The molecule has 0 aliphatic rings. The molecule has 2 rings (SSSR count). The lowest BCUT2D eigenvalue weighted by Gasteiger charge is -2.22. The van der Waals surface area contributed by atoms with Gasteiger partial charge in [0.05, 0.1) is 16.9 Å². The van der Waals surface area contributed by atoms with Crippen molar-refractivity contribution in [1.29, 1.82) is 0 Å². The summed E-state index contributed by atoms with van der Waals surface area (Å²) in [5.74, 6) is -1.30. The highest BCUT2D eigenvalue weighted by atomic mass is 16.4. The van der Waals surface area contributed by atoms with E-state index in [4.69, 9.17) is 10.8 Å². The molecule has 1 aromatic heterocycles. The number of carboxylic acids is 1. The van der Waals surface area contributed by atoms with Crippen LogP contribution < -0.4 is 10.6 Å². The molecule has 1 heterocycles. The molecule has 3 N–H and O–H groups in total. The van der Waals surface area contributed by atoms with Gasteiger partial charge >= 0.3 is 5.97 Å². The fourth-order valence-electron chi connectivity index (χ4n) is 2.08. The highest BCUT2D eigenvalue weighted by Gasteiger charge is 2.21. The Hall–Kier alpha value is -2.83. The van der Waals surface area contributed by atoms with Crippen molar-refractivity contribution >= 4 is 23.3 Å². The number of nitrogen functional groups attached to an aromatic ring is 1. The second-order valence-electron chi connectivity index (χ2n) is 4.47. The van der Waals surface area contributed by atoms with E-state index in [1.54, 1.807) is 13.1 Å². The number of amides is 1. The number of nitrogens with two attached hydrogens (primary N) is 1. The average Bonchev–Trinajstić information content (AvgIpc) is 2.87. The number of carboxylic acid groups (broad SMARTS) is 1. The number of aromatic carboxylic acids is 1. The molecule has 0 radical (unpaired) electrons. The van der Waals surface area contributed by atoms with Crippen molar-refractivity contribution in [2.24, 2.45) is 7.05 Å². The van der Waals surface area contributed by atoms with E-state index in [-0.39, 0.29) is 17.2 Å². The van der Waals surface area contributed by atoms with Crippen molar-refractivity contribution in [3.63, 3.8) is 0 Å². The Kier molecular flexibility index (Phi) is 3.93. The van der Waals surface area contributed by atoms with Gasteiger partial charge in [0.1, 0.15) is 5.69 Å². The van der Waals surface area contributed by atoms with Gasteiger partial charge in [0.15, 0.2) is 0 Å². The number of carbonyl (C=O) groups excluding carboxylic acids is 1. The predicted molar refractivity (Wildman–Crippen MR) is 78.4 cm³/mol. The van der Waals surface area contributed by atoms with Gasteiger partial charge in [0.25, 0.3) is 5.91 Å². The minimum Gasteiger partial charge on any atom is -0.478 e. The molecule has 0 aliphatic carbocycles. The normalized spacial score (nSPS) is 10.4. The van der Waals surface area contributed by atoms with Crippen LogP contribution in [0.25, 0.3) is 0 Å². The number of rotatable bonds is 4. The van der Waals surface area contributed by atoms with Crippen LogP contribution in [0.5, 0.6) is 0 Å². The molecule has 21 heavy (non-hydrogen) atoms. The lowest BCUT2D eigenvalue weighted by Crippen LogP contribution is -2.32. The molecule has 0 saturated heterocycles. The zero-order valence-electron chi connectivity index (χ0n) is 11.8. The Bertz CT molecular complexity index is 693. The highest BCUT2D eigenvalue weighted by molar-refractivity contribution is 6.07. The summed E-state index contributed by atoms with van der Waals surface area (Å²) in [4.78, 5) is 24.9. The SMILES string of the molecule is CCN(C(=O)c1ccnn1C)c1ccc(C(=O)O)cc1N. The van der Waals surface area contributed by atoms with Gasteiger partial charge in [-0.15, -0.1) is 0 Å². The molecular weight excluding hydrogens is 272 g/mol. The second kappa shape index (κ2) is 5.66. The summed E-state index contributed by atoms with van der Waals surface area (Å²) < 4.78 is 1.48. The lowest BCUT2D eigenvalue weighted by atomic mass is 10.1. The van der Waals surface area contributed by atoms with Crippen molar-refractivity contribution < 1.29 is 14.7 Å². The first-order valence-electron chi connectivity index (χ1n) is 6.38. The molecular formula is C14H16N4O3. The second-order valence-corrected chi connectivity index (χ2v) is 4.47. The van der Waals surface area contributed by atoms with E-state index in [2.05, 4.69) is 5.10 Å². The maximum absolute atomic E-state index is 12.5. The van der Waals surface area contributed by atoms with Gasteiger partial charge in [-0.2, -0.15) is 5.10 Å². The Balaban J connectivity index is 2.40. The smallest absolute Gasteiger partial charge is 0.335 e. The molecule has 0 aliphatic heterocycles. The van der Waals surface area contributed by atoms with Crippen LogP contribution in [0.1, 0.15) is 27.8 Å². The van der Waals surface area contributed by atoms with E-state index in [9.17, 15) is 9.59 Å². The fraction of sp³-hybridized carbons (Fsp3) is 0.214. The average molecular weight is 288 g/mol. The lowest BCUT2D eigenvalue weighted by molar-refractivity contribution is 0.0697. The van der Waals surface area contributed by atoms with Gasteiger partial charge < -0.3 is 15.7 Å². The standard InChI is InChI=1S/C14H16N4O3/c1-3-18(13(19)12-6-7-16-17(12)2)11-5-4-9(14(20)21)8-10(11)15/h4-8H,3,15H2,1-2H3,(H,20,21). The molecule has 2 aromatic rings. The Morgan fingerprint density at radius 2 is 2.10 bits per heavy atom. The molecule has 7 heteroatoms. The number of aromatic nitrogens is 2. The molecule has 0 saturated carbocycles. The summed E-state index contributed by atoms with van der Waals surface area (Å²) in [5.41, 5.74) is 7.12. The van der Waals surface area contributed by atoms with Crippen LogP contribution in [0.4, 0.5) is 11.4 Å². The zero-order chi connectivity index (χ0) is 15.6. The molecule has 0 bridgehead atoms. The van der Waals surface area contributed by atoms with Crippen LogP contribution in [-0.2, 0) is 7.05 Å². The van der Waals surface area contributed by atoms with Gasteiger partial charge in [-0.1, -0.05) is 0 Å². The molecule has 7 nitrogen and oxygen atoms in total. The summed E-state index contributed by atoms with van der Waals surface area (Å²) in [6.07, 6.45) is 1.54. The van der Waals surface area contributed by atoms with E-state index in [1.165, 1.54) is 34.0 Å². The van der Waals surface area contributed by atoms with Crippen LogP contribution in [0, 0.1) is 0 Å². The van der Waals surface area contributed by atoms with Gasteiger partial charge in [-0.3, -0.25) is 9.48 Å². The third kappa shape index (κ3) is 2.71. The van der Waals surface area contributed by atoms with Crippen LogP contribution in [0.3, 0.4) is 0 Å². The van der Waals surface area contributed by atoms with Gasteiger partial charge in [-0.05, 0) is 31.2 Å². The minimum absolute atomic E-state index is 0.0836. The topological polar surface area (TPSA) is 101 Å². The first kappa shape index (κ1) is 14.6. The molecule has 0 unspecified atom stereocenters. The number of anilines is 2. The third-order valence-electron chi connectivity index (χ3n) is 3.17. The minimum atomic E-state index is -1.06. The van der Waals surface area contributed by atoms with Crippen LogP contribution in [0.2, 0.25) is 0 Å². The molecule has 110 valence electrons. The van der Waals surface area contributed by atoms with E-state index in [1.807, 2.05) is 6.92 Å². The number of benzene rings is 1. The number of hydrogen-bond acceptors (Lipinski definition) is 4. The van der Waals surface area contributed by atoms with Crippen molar-refractivity contribution in [3.05, 3.63) is 41.7 Å². The fourth-order valence-corrected chi connectivity index (χ4v) is 2.08. The Labute approximate surface area is 121 Å². The molecule has 0 fully saturated rings. The maximum atomic E-state index is 12.5. The summed E-state index contributed by atoms with van der Waals surface area (Å²) in [7, 11) is 1.68. The summed E-state index contributed by atoms with van der Waals surface area (Å²) in [6, 6.07) is 5.92. The van der Waals surface area contributed by atoms with Crippen molar-refractivity contribution in [2.75, 3.05) is 17.2 Å². The first-order valence-corrected chi connectivity index (χ1v) is 6.38. The maximum Gasteiger partial charge on any atom is 0.335 e. The summed E-state index contributed by atoms with van der Waals surface area (Å²) in [5, 5.41) is 12.9. The van der Waals surface area contributed by atoms with E-state index in [0.29, 0.717) is 17.9 Å². The van der Waals surface area contributed by atoms with Gasteiger partial charge in [0.2, 0.25) is 0 Å². The number of nitrogens with zero attached hydrogens (tertiary/aromatic N) is 3. The third-order valence-corrected chi connectivity index (χ3v) is 3.17. The van der Waals surface area contributed by atoms with Crippen molar-refractivity contribution in [3.8, 4) is 0 Å². The Morgan fingerprint density at radius 3 is 2.57 bits per heavy atom. The van der Waals surface area contributed by atoms with E-state index < -0.39 is 5.97 Å². The first-order chi connectivity index (χ1) is 9.95. The molecule has 1 amide bonds. The number of aryl methyl sites for hydroxylation is 1. The highest BCUT2D eigenvalue weighted by Crippen LogP contribution is 2.25. The number of hydrogen-bond donors (Lipinski definition) is 2. The van der Waals surface area contributed by atoms with Crippen LogP contribution >= 0.6 is 0 Å². The molecule has 1 aromatic carbocycles.